The molecule has 30 heavy (non-hydrogen) atoms. The van der Waals surface area contributed by atoms with Crippen LogP contribution in [0.4, 0.5) is 0 Å². The number of nitrogens with zero attached hydrogens (tertiary/aromatic N) is 2. The minimum atomic E-state index is -0.462. The summed E-state index contributed by atoms with van der Waals surface area (Å²) in [5.41, 5.74) is 4.29. The van der Waals surface area contributed by atoms with Gasteiger partial charge in [-0.3, -0.25) is 4.79 Å². The van der Waals surface area contributed by atoms with E-state index in [1.807, 2.05) is 35.4 Å². The molecule has 2 aromatic heterocycles. The molecule has 3 aromatic rings. The molecule has 1 saturated carbocycles. The first-order chi connectivity index (χ1) is 14.6. The van der Waals surface area contributed by atoms with Crippen LogP contribution in [0.5, 0.6) is 5.75 Å². The quantitative estimate of drug-likeness (QED) is 0.634. The molecule has 6 rings (SSSR count). The number of likely N-dealkylation sites (tertiary alicyclic amines) is 1. The van der Waals surface area contributed by atoms with Crippen LogP contribution in [-0.4, -0.2) is 40.0 Å². The number of piperidine rings is 1. The monoisotopic (exact) mass is 421 g/mol. The van der Waals surface area contributed by atoms with Crippen molar-refractivity contribution in [3.8, 4) is 16.9 Å². The van der Waals surface area contributed by atoms with Gasteiger partial charge < -0.3 is 14.6 Å². The van der Waals surface area contributed by atoms with Crippen LogP contribution in [0.15, 0.2) is 36.7 Å². The summed E-state index contributed by atoms with van der Waals surface area (Å²) in [4.78, 5) is 22.8. The number of nitrogens with one attached hydrogen (secondary N) is 1. The summed E-state index contributed by atoms with van der Waals surface area (Å²) in [6, 6.07) is 7.84. The van der Waals surface area contributed by atoms with Crippen molar-refractivity contribution in [2.24, 2.45) is 5.41 Å². The van der Waals surface area contributed by atoms with E-state index in [1.54, 1.807) is 6.20 Å². The number of aromatic nitrogens is 2. The maximum Gasteiger partial charge on any atom is 0.263 e. The number of amides is 1. The van der Waals surface area contributed by atoms with E-state index >= 15 is 0 Å². The molecule has 1 saturated heterocycles. The number of rotatable bonds is 2. The van der Waals surface area contributed by atoms with Crippen molar-refractivity contribution < 1.29 is 9.53 Å². The molecule has 2 fully saturated rings. The lowest BCUT2D eigenvalue weighted by Gasteiger charge is -2.48. The van der Waals surface area contributed by atoms with Gasteiger partial charge in [0, 0.05) is 53.4 Å². The third-order valence-corrected chi connectivity index (χ3v) is 7.59. The van der Waals surface area contributed by atoms with Gasteiger partial charge in [0.25, 0.3) is 5.91 Å². The Bertz CT molecular complexity index is 1140. The molecule has 0 radical (unpaired) electrons. The van der Waals surface area contributed by atoms with E-state index in [-0.39, 0.29) is 5.91 Å². The van der Waals surface area contributed by atoms with Crippen molar-refractivity contribution in [3.05, 3.63) is 47.2 Å². The highest BCUT2D eigenvalue weighted by atomic mass is 35.5. The van der Waals surface area contributed by atoms with E-state index < -0.39 is 6.10 Å². The molecule has 0 bridgehead atoms. The van der Waals surface area contributed by atoms with Crippen LogP contribution in [0.1, 0.15) is 37.7 Å². The lowest BCUT2D eigenvalue weighted by atomic mass is 9.63. The molecule has 1 aliphatic carbocycles. The molecule has 2 aliphatic heterocycles. The number of ether oxygens (including phenoxy) is 1. The Kier molecular flexibility index (Phi) is 4.10. The number of carbonyl (C=O) groups is 1. The lowest BCUT2D eigenvalue weighted by Crippen LogP contribution is -2.49. The molecule has 1 amide bonds. The summed E-state index contributed by atoms with van der Waals surface area (Å²) in [6.45, 7) is 1.72. The molecule has 1 unspecified atom stereocenters. The van der Waals surface area contributed by atoms with Gasteiger partial charge in [0.05, 0.1) is 0 Å². The number of halogens is 1. The van der Waals surface area contributed by atoms with Crippen LogP contribution in [0.2, 0.25) is 5.02 Å². The Morgan fingerprint density at radius 2 is 2.00 bits per heavy atom. The molecule has 5 nitrogen and oxygen atoms in total. The van der Waals surface area contributed by atoms with Gasteiger partial charge in [-0.05, 0) is 60.9 Å². The summed E-state index contributed by atoms with van der Waals surface area (Å²) in [7, 11) is 0. The average Bonchev–Trinajstić information content (AvgIpc) is 3.38. The molecule has 1 aromatic carbocycles. The fourth-order valence-corrected chi connectivity index (χ4v) is 5.68. The first-order valence-electron chi connectivity index (χ1n) is 10.8. The first-order valence-corrected chi connectivity index (χ1v) is 11.2. The van der Waals surface area contributed by atoms with Crippen LogP contribution >= 0.6 is 11.6 Å². The van der Waals surface area contributed by atoms with E-state index in [1.165, 1.54) is 19.3 Å². The van der Waals surface area contributed by atoms with E-state index in [0.29, 0.717) is 16.9 Å². The molecule has 4 heterocycles. The number of H-pyrrole nitrogens is 1. The van der Waals surface area contributed by atoms with Crippen molar-refractivity contribution in [1.29, 1.82) is 0 Å². The SMILES string of the molecule is O=C(C1Cc2cc(Cl)cc(-c3ccnc4[nH]ccc34)c2O1)N1CCC2(CCC2)CC1. The fourth-order valence-electron chi connectivity index (χ4n) is 5.44. The van der Waals surface area contributed by atoms with E-state index in [9.17, 15) is 4.79 Å². The minimum Gasteiger partial charge on any atom is -0.479 e. The number of aromatic amines is 1. The summed E-state index contributed by atoms with van der Waals surface area (Å²) in [5.74, 6) is 0.892. The highest BCUT2D eigenvalue weighted by molar-refractivity contribution is 6.31. The van der Waals surface area contributed by atoms with Gasteiger partial charge in [0.1, 0.15) is 11.4 Å². The van der Waals surface area contributed by atoms with Gasteiger partial charge in [-0.15, -0.1) is 0 Å². The smallest absolute Gasteiger partial charge is 0.263 e. The molecule has 3 aliphatic rings. The molecular formula is C24H24ClN3O2. The minimum absolute atomic E-state index is 0.115. The van der Waals surface area contributed by atoms with Crippen molar-refractivity contribution in [1.82, 2.24) is 14.9 Å². The van der Waals surface area contributed by atoms with Crippen LogP contribution in [0, 0.1) is 5.41 Å². The normalized spacial score (nSPS) is 22.0. The predicted octanol–water partition coefficient (Wildman–Crippen LogP) is 4.98. The molecule has 1 atom stereocenters. The van der Waals surface area contributed by atoms with Crippen LogP contribution in [-0.2, 0) is 11.2 Å². The zero-order valence-electron chi connectivity index (χ0n) is 16.8. The van der Waals surface area contributed by atoms with Crippen molar-refractivity contribution >= 4 is 28.5 Å². The predicted molar refractivity (Wildman–Crippen MR) is 117 cm³/mol. The Morgan fingerprint density at radius 3 is 2.77 bits per heavy atom. The summed E-state index contributed by atoms with van der Waals surface area (Å²) >= 11 is 6.46. The number of fused-ring (bicyclic) bond motifs is 2. The maximum atomic E-state index is 13.2. The second-order valence-electron chi connectivity index (χ2n) is 9.03. The number of hydrogen-bond acceptors (Lipinski definition) is 3. The number of carbonyl (C=O) groups excluding carboxylic acids is 1. The average molecular weight is 422 g/mol. The van der Waals surface area contributed by atoms with E-state index in [2.05, 4.69) is 9.97 Å². The third-order valence-electron chi connectivity index (χ3n) is 7.37. The highest BCUT2D eigenvalue weighted by Crippen LogP contribution is 2.49. The molecule has 1 N–H and O–H groups in total. The standard InChI is InChI=1S/C24H24ClN3O2/c25-16-12-15-13-20(23(29)28-10-6-24(7-11-28)4-1-5-24)30-21(15)19(14-16)17-2-8-26-22-18(17)3-9-27-22/h2-3,8-9,12,14,20H,1,4-7,10-11,13H2,(H,26,27). The third kappa shape index (κ3) is 2.83. The first kappa shape index (κ1) is 18.3. The molecule has 6 heteroatoms. The number of benzene rings is 1. The second-order valence-corrected chi connectivity index (χ2v) is 9.47. The summed E-state index contributed by atoms with van der Waals surface area (Å²) < 4.78 is 6.30. The van der Waals surface area contributed by atoms with Gasteiger partial charge in [-0.2, -0.15) is 0 Å². The Balaban J connectivity index is 1.29. The Morgan fingerprint density at radius 1 is 1.17 bits per heavy atom. The van der Waals surface area contributed by atoms with Gasteiger partial charge in [-0.1, -0.05) is 18.0 Å². The Hall–Kier alpha value is -2.53. The number of pyridine rings is 1. The van der Waals surface area contributed by atoms with Crippen LogP contribution in [0.25, 0.3) is 22.2 Å². The second kappa shape index (κ2) is 6.74. The largest absolute Gasteiger partial charge is 0.479 e. The number of hydrogen-bond donors (Lipinski definition) is 1. The highest BCUT2D eigenvalue weighted by Gasteiger charge is 2.42. The Labute approximate surface area is 180 Å². The van der Waals surface area contributed by atoms with Gasteiger partial charge in [0.2, 0.25) is 0 Å². The van der Waals surface area contributed by atoms with Crippen molar-refractivity contribution in [2.75, 3.05) is 13.1 Å². The topological polar surface area (TPSA) is 58.2 Å². The fraction of sp³-hybridized carbons (Fsp3) is 0.417. The van der Waals surface area contributed by atoms with Crippen LogP contribution in [0.3, 0.4) is 0 Å². The van der Waals surface area contributed by atoms with Crippen molar-refractivity contribution in [2.45, 2.75) is 44.6 Å². The molecule has 1 spiro atoms. The van der Waals surface area contributed by atoms with Gasteiger partial charge in [-0.25, -0.2) is 4.98 Å². The molecular weight excluding hydrogens is 398 g/mol. The zero-order valence-corrected chi connectivity index (χ0v) is 17.5. The van der Waals surface area contributed by atoms with Gasteiger partial charge in [0.15, 0.2) is 6.10 Å². The van der Waals surface area contributed by atoms with E-state index in [0.717, 1.165) is 59.4 Å². The summed E-state index contributed by atoms with van der Waals surface area (Å²) in [6.07, 6.45) is 10.1. The zero-order chi connectivity index (χ0) is 20.3. The van der Waals surface area contributed by atoms with Gasteiger partial charge >= 0.3 is 0 Å². The van der Waals surface area contributed by atoms with Crippen LogP contribution < -0.4 is 4.74 Å². The van der Waals surface area contributed by atoms with E-state index in [4.69, 9.17) is 16.3 Å². The van der Waals surface area contributed by atoms with Crippen molar-refractivity contribution in [3.63, 3.8) is 0 Å². The molecule has 154 valence electrons. The lowest BCUT2D eigenvalue weighted by molar-refractivity contribution is -0.141. The maximum absolute atomic E-state index is 13.2. The summed E-state index contributed by atoms with van der Waals surface area (Å²) in [5, 5.41) is 1.67.